The summed E-state index contributed by atoms with van der Waals surface area (Å²) < 4.78 is 7.18. The van der Waals surface area contributed by atoms with Gasteiger partial charge < -0.3 is 4.74 Å². The first kappa shape index (κ1) is 26.4. The predicted octanol–water partition coefficient (Wildman–Crippen LogP) is 6.68. The third kappa shape index (κ3) is 5.06. The van der Waals surface area contributed by atoms with Gasteiger partial charge in [0, 0.05) is 29.0 Å². The van der Waals surface area contributed by atoms with E-state index in [-0.39, 0.29) is 17.3 Å². The number of rotatable bonds is 8. The Bertz CT molecular complexity index is 1830. The average Bonchev–Trinajstić information content (AvgIpc) is 3.60. The van der Waals surface area contributed by atoms with Crippen LogP contribution in [-0.2, 0) is 4.79 Å². The van der Waals surface area contributed by atoms with Crippen molar-refractivity contribution >= 4 is 29.1 Å². The standard InChI is InChI=1S/C33H25N5O4/c1-2-42-30-19-18-24(21-29(30)38(40)41)31-25(22-36(34-31)26-14-8-4-9-15-26)20-28-32(23-12-6-3-7-13-23)35-37(33(28)39)27-16-10-5-11-17-27/h3-22H,2H2,1H3. The topological polar surface area (TPSA) is 103 Å². The van der Waals surface area contributed by atoms with Crippen LogP contribution in [0.15, 0.2) is 126 Å². The van der Waals surface area contributed by atoms with Crippen LogP contribution in [0, 0.1) is 10.1 Å². The maximum Gasteiger partial charge on any atom is 0.311 e. The third-order valence-electron chi connectivity index (χ3n) is 6.72. The molecule has 1 aliphatic rings. The summed E-state index contributed by atoms with van der Waals surface area (Å²) in [4.78, 5) is 25.3. The third-order valence-corrected chi connectivity index (χ3v) is 6.72. The number of hydrogen-bond acceptors (Lipinski definition) is 6. The number of nitrogens with zero attached hydrogens (tertiary/aromatic N) is 5. The van der Waals surface area contributed by atoms with Gasteiger partial charge in [-0.25, -0.2) is 4.68 Å². The van der Waals surface area contributed by atoms with Gasteiger partial charge in [-0.1, -0.05) is 66.7 Å². The Hall–Kier alpha value is -5.83. The summed E-state index contributed by atoms with van der Waals surface area (Å²) >= 11 is 0. The number of carbonyl (C=O) groups is 1. The van der Waals surface area contributed by atoms with E-state index in [2.05, 4.69) is 0 Å². The molecule has 0 bridgehead atoms. The molecule has 2 heterocycles. The Kier molecular flexibility index (Phi) is 7.13. The van der Waals surface area contributed by atoms with Gasteiger partial charge in [-0.2, -0.15) is 15.2 Å². The van der Waals surface area contributed by atoms with E-state index in [4.69, 9.17) is 14.9 Å². The highest BCUT2D eigenvalue weighted by atomic mass is 16.6. The van der Waals surface area contributed by atoms with E-state index >= 15 is 0 Å². The molecule has 0 radical (unpaired) electrons. The van der Waals surface area contributed by atoms with Gasteiger partial charge in [0.05, 0.1) is 28.5 Å². The highest BCUT2D eigenvalue weighted by molar-refractivity contribution is 6.37. The lowest BCUT2D eigenvalue weighted by Crippen LogP contribution is -2.21. The minimum absolute atomic E-state index is 0.166. The Morgan fingerprint density at radius 1 is 0.857 bits per heavy atom. The molecular weight excluding hydrogens is 530 g/mol. The van der Waals surface area contributed by atoms with Crippen LogP contribution in [0.3, 0.4) is 0 Å². The molecule has 4 aromatic carbocycles. The van der Waals surface area contributed by atoms with E-state index in [9.17, 15) is 14.9 Å². The summed E-state index contributed by atoms with van der Waals surface area (Å²) in [6.07, 6.45) is 3.56. The van der Waals surface area contributed by atoms with Gasteiger partial charge in [0.15, 0.2) is 5.75 Å². The molecule has 0 N–H and O–H groups in total. The van der Waals surface area contributed by atoms with Crippen molar-refractivity contribution in [1.29, 1.82) is 0 Å². The number of nitro groups is 1. The maximum absolute atomic E-state index is 13.9. The Labute approximate surface area is 241 Å². The first-order chi connectivity index (χ1) is 20.5. The quantitative estimate of drug-likeness (QED) is 0.121. The van der Waals surface area contributed by atoms with Crippen LogP contribution in [0.1, 0.15) is 18.1 Å². The largest absolute Gasteiger partial charge is 0.487 e. The molecule has 206 valence electrons. The van der Waals surface area contributed by atoms with Crippen molar-refractivity contribution in [2.24, 2.45) is 5.10 Å². The Morgan fingerprint density at radius 3 is 2.14 bits per heavy atom. The van der Waals surface area contributed by atoms with Crippen LogP contribution in [0.2, 0.25) is 0 Å². The Morgan fingerprint density at radius 2 is 1.50 bits per heavy atom. The predicted molar refractivity (Wildman–Crippen MR) is 162 cm³/mol. The number of nitro benzene ring substituents is 1. The zero-order chi connectivity index (χ0) is 29.1. The maximum atomic E-state index is 13.9. The number of hydrogen-bond donors (Lipinski definition) is 0. The van der Waals surface area contributed by atoms with Crippen LogP contribution in [0.25, 0.3) is 23.0 Å². The van der Waals surface area contributed by atoms with Crippen LogP contribution in [0.4, 0.5) is 11.4 Å². The van der Waals surface area contributed by atoms with Crippen molar-refractivity contribution in [2.75, 3.05) is 11.6 Å². The van der Waals surface area contributed by atoms with E-state index in [0.717, 1.165) is 11.3 Å². The molecule has 9 heteroatoms. The van der Waals surface area contributed by atoms with Gasteiger partial charge in [-0.15, -0.1) is 0 Å². The first-order valence-corrected chi connectivity index (χ1v) is 13.4. The van der Waals surface area contributed by atoms with Crippen LogP contribution < -0.4 is 9.75 Å². The molecule has 0 spiro atoms. The van der Waals surface area contributed by atoms with Crippen LogP contribution in [0.5, 0.6) is 5.75 Å². The molecule has 0 saturated heterocycles. The molecule has 0 atom stereocenters. The van der Waals surface area contributed by atoms with Gasteiger partial charge in [0.1, 0.15) is 11.4 Å². The second-order valence-corrected chi connectivity index (χ2v) is 9.41. The summed E-state index contributed by atoms with van der Waals surface area (Å²) in [6.45, 7) is 2.06. The van der Waals surface area contributed by atoms with Gasteiger partial charge in [0.2, 0.25) is 0 Å². The van der Waals surface area contributed by atoms with Gasteiger partial charge in [-0.3, -0.25) is 14.9 Å². The second-order valence-electron chi connectivity index (χ2n) is 9.41. The molecule has 0 aliphatic carbocycles. The zero-order valence-corrected chi connectivity index (χ0v) is 22.6. The summed E-state index contributed by atoms with van der Waals surface area (Å²) in [5.41, 5.74) is 4.52. The number of carbonyl (C=O) groups excluding carboxylic acids is 1. The van der Waals surface area contributed by atoms with Crippen LogP contribution in [-0.4, -0.2) is 32.9 Å². The van der Waals surface area contributed by atoms with E-state index in [1.807, 2.05) is 91.0 Å². The van der Waals surface area contributed by atoms with E-state index < -0.39 is 4.92 Å². The van der Waals surface area contributed by atoms with Crippen molar-refractivity contribution in [1.82, 2.24) is 9.78 Å². The highest BCUT2D eigenvalue weighted by Crippen LogP contribution is 2.35. The molecular formula is C33H25N5O4. The fraction of sp³-hybridized carbons (Fsp3) is 0.0606. The van der Waals surface area contributed by atoms with Gasteiger partial charge in [-0.05, 0) is 49.4 Å². The number of anilines is 1. The van der Waals surface area contributed by atoms with Crippen molar-refractivity contribution in [3.63, 3.8) is 0 Å². The Balaban J connectivity index is 1.53. The van der Waals surface area contributed by atoms with Gasteiger partial charge in [0.25, 0.3) is 5.91 Å². The number of amides is 1. The van der Waals surface area contributed by atoms with Crippen LogP contribution >= 0.6 is 0 Å². The molecule has 1 aromatic heterocycles. The van der Waals surface area contributed by atoms with E-state index in [1.165, 1.54) is 11.1 Å². The lowest BCUT2D eigenvalue weighted by Gasteiger charge is -2.10. The van der Waals surface area contributed by atoms with Crippen molar-refractivity contribution < 1.29 is 14.5 Å². The molecule has 0 fully saturated rings. The summed E-state index contributed by atoms with van der Waals surface area (Å²) in [7, 11) is 0. The molecule has 0 unspecified atom stereocenters. The highest BCUT2D eigenvalue weighted by Gasteiger charge is 2.32. The van der Waals surface area contributed by atoms with E-state index in [1.54, 1.807) is 36.0 Å². The minimum atomic E-state index is -0.473. The number of para-hydroxylation sites is 2. The van der Waals surface area contributed by atoms with E-state index in [0.29, 0.717) is 40.4 Å². The second kappa shape index (κ2) is 11.3. The normalized spacial score (nSPS) is 13.8. The summed E-state index contributed by atoms with van der Waals surface area (Å²) in [5, 5.41) is 22.8. The molecule has 9 nitrogen and oxygen atoms in total. The first-order valence-electron chi connectivity index (χ1n) is 13.4. The van der Waals surface area contributed by atoms with Crippen molar-refractivity contribution in [2.45, 2.75) is 6.92 Å². The molecule has 1 aliphatic heterocycles. The van der Waals surface area contributed by atoms with Crippen molar-refractivity contribution in [3.05, 3.63) is 142 Å². The average molecular weight is 556 g/mol. The molecule has 1 amide bonds. The fourth-order valence-corrected chi connectivity index (χ4v) is 4.77. The minimum Gasteiger partial charge on any atom is -0.487 e. The molecule has 6 rings (SSSR count). The number of benzene rings is 4. The zero-order valence-electron chi connectivity index (χ0n) is 22.6. The summed E-state index contributed by atoms with van der Waals surface area (Å²) in [6, 6.07) is 33.0. The molecule has 5 aromatic rings. The number of hydrazone groups is 1. The lowest BCUT2D eigenvalue weighted by atomic mass is 9.99. The van der Waals surface area contributed by atoms with Gasteiger partial charge >= 0.3 is 5.69 Å². The van der Waals surface area contributed by atoms with Crippen molar-refractivity contribution in [3.8, 4) is 22.7 Å². The SMILES string of the molecule is CCOc1ccc(-c2nn(-c3ccccc3)cc2C=C2C(=O)N(c3ccccc3)N=C2c2ccccc2)cc1[N+](=O)[O-]. The number of ether oxygens (including phenoxy) is 1. The number of aromatic nitrogens is 2. The molecule has 42 heavy (non-hydrogen) atoms. The fourth-order valence-electron chi connectivity index (χ4n) is 4.77. The molecule has 0 saturated carbocycles. The lowest BCUT2D eigenvalue weighted by molar-refractivity contribution is -0.385. The smallest absolute Gasteiger partial charge is 0.311 e. The summed E-state index contributed by atoms with van der Waals surface area (Å²) in [5.74, 6) is -0.118. The monoisotopic (exact) mass is 555 g/mol.